The summed E-state index contributed by atoms with van der Waals surface area (Å²) in [6, 6.07) is 3.32. The first kappa shape index (κ1) is 22.9. The third-order valence-corrected chi connectivity index (χ3v) is 6.67. The van der Waals surface area contributed by atoms with Crippen LogP contribution in [0.15, 0.2) is 41.7 Å². The molecule has 1 amide bonds. The Balaban J connectivity index is 1.52. The van der Waals surface area contributed by atoms with Gasteiger partial charge in [-0.05, 0) is 6.07 Å². The van der Waals surface area contributed by atoms with E-state index in [1.807, 2.05) is 0 Å². The maximum Gasteiger partial charge on any atom is 0.286 e. The van der Waals surface area contributed by atoms with Gasteiger partial charge < -0.3 is 10.0 Å². The first-order chi connectivity index (χ1) is 15.6. The topological polar surface area (TPSA) is 110 Å². The Hall–Kier alpha value is -3.26. The molecule has 1 atom stereocenters. The van der Waals surface area contributed by atoms with E-state index in [1.54, 1.807) is 0 Å². The van der Waals surface area contributed by atoms with E-state index in [2.05, 4.69) is 10.2 Å². The van der Waals surface area contributed by atoms with Crippen LogP contribution in [-0.2, 0) is 34.5 Å². The lowest BCUT2D eigenvalue weighted by atomic mass is 9.97. The van der Waals surface area contributed by atoms with E-state index < -0.39 is 53.1 Å². The van der Waals surface area contributed by atoms with Crippen molar-refractivity contribution < 1.29 is 35.9 Å². The molecule has 3 heterocycles. The third-order valence-electron chi connectivity index (χ3n) is 5.19. The van der Waals surface area contributed by atoms with Crippen LogP contribution in [-0.4, -0.2) is 56.3 Å². The summed E-state index contributed by atoms with van der Waals surface area (Å²) in [6.45, 7) is -1.71. The van der Waals surface area contributed by atoms with Crippen LogP contribution < -0.4 is 0 Å². The number of halogens is 4. The highest BCUT2D eigenvalue weighted by Crippen LogP contribution is 2.29. The van der Waals surface area contributed by atoms with E-state index in [0.29, 0.717) is 9.65 Å². The van der Waals surface area contributed by atoms with Gasteiger partial charge in [0, 0.05) is 30.1 Å². The number of aliphatic hydroxyl groups is 1. The average molecular weight is 487 g/mol. The van der Waals surface area contributed by atoms with Crippen molar-refractivity contribution in [2.45, 2.75) is 36.9 Å². The van der Waals surface area contributed by atoms with Crippen LogP contribution in [0.2, 0.25) is 0 Å². The van der Waals surface area contributed by atoms with Gasteiger partial charge in [0.2, 0.25) is 5.91 Å². The maximum atomic E-state index is 14.1. The minimum atomic E-state index is -4.20. The minimum absolute atomic E-state index is 0.0677. The quantitative estimate of drug-likeness (QED) is 0.506. The number of aromatic nitrogens is 4. The summed E-state index contributed by atoms with van der Waals surface area (Å²) in [5, 5.41) is 17.2. The number of amides is 1. The molecule has 9 nitrogen and oxygen atoms in total. The molecule has 33 heavy (non-hydrogen) atoms. The molecule has 0 bridgehead atoms. The first-order valence-corrected chi connectivity index (χ1v) is 11.0. The fourth-order valence-corrected chi connectivity index (χ4v) is 4.68. The number of carbonyl (C=O) groups excluding carboxylic acids is 1. The standard InChI is InChI=1S/C19H17F4N5O4S/c20-15-3-1-2-13(18(15)23)14(10-29)19(30)26-5-11-6-28(25-16(11)8-26)33(31,32)12-4-24-27(7-12)9-17(21)22/h1-4,6-7,14,17,29H,5,8-10H2/t14-/m0/s1. The predicted octanol–water partition coefficient (Wildman–Crippen LogP) is 1.48. The number of aliphatic hydroxyl groups excluding tert-OH is 1. The van der Waals surface area contributed by atoms with E-state index in [-0.39, 0.29) is 29.2 Å². The summed E-state index contributed by atoms with van der Waals surface area (Å²) >= 11 is 0. The largest absolute Gasteiger partial charge is 0.395 e. The van der Waals surface area contributed by atoms with Crippen LogP contribution in [0.3, 0.4) is 0 Å². The molecule has 4 rings (SSSR count). The zero-order chi connectivity index (χ0) is 23.9. The fourth-order valence-electron chi connectivity index (χ4n) is 3.55. The summed E-state index contributed by atoms with van der Waals surface area (Å²) in [7, 11) is -4.20. The highest BCUT2D eigenvalue weighted by molar-refractivity contribution is 7.89. The van der Waals surface area contributed by atoms with Crippen molar-refractivity contribution in [3.05, 3.63) is 65.2 Å². The smallest absolute Gasteiger partial charge is 0.286 e. The molecule has 1 aliphatic heterocycles. The molecular formula is C19H17F4N5O4S. The van der Waals surface area contributed by atoms with Crippen LogP contribution in [0.1, 0.15) is 22.7 Å². The van der Waals surface area contributed by atoms with Gasteiger partial charge in [-0.25, -0.2) is 17.6 Å². The van der Waals surface area contributed by atoms with Gasteiger partial charge in [0.25, 0.3) is 16.4 Å². The number of carbonyl (C=O) groups is 1. The molecule has 2 aromatic heterocycles. The number of rotatable bonds is 7. The molecule has 0 saturated heterocycles. The van der Waals surface area contributed by atoms with Crippen LogP contribution >= 0.6 is 0 Å². The van der Waals surface area contributed by atoms with E-state index in [1.165, 1.54) is 23.2 Å². The lowest BCUT2D eigenvalue weighted by Crippen LogP contribution is -2.33. The highest BCUT2D eigenvalue weighted by atomic mass is 32.2. The second-order valence-corrected chi connectivity index (χ2v) is 9.14. The predicted molar refractivity (Wildman–Crippen MR) is 103 cm³/mol. The second-order valence-electron chi connectivity index (χ2n) is 7.34. The van der Waals surface area contributed by atoms with Crippen molar-refractivity contribution in [1.29, 1.82) is 0 Å². The Morgan fingerprint density at radius 2 is 1.94 bits per heavy atom. The van der Waals surface area contributed by atoms with Crippen molar-refractivity contribution in [3.63, 3.8) is 0 Å². The minimum Gasteiger partial charge on any atom is -0.395 e. The number of hydrogen-bond donors (Lipinski definition) is 1. The molecule has 0 radical (unpaired) electrons. The molecule has 0 unspecified atom stereocenters. The van der Waals surface area contributed by atoms with Crippen molar-refractivity contribution in [2.24, 2.45) is 0 Å². The third kappa shape index (κ3) is 4.23. The van der Waals surface area contributed by atoms with Crippen molar-refractivity contribution >= 4 is 15.9 Å². The molecule has 176 valence electrons. The van der Waals surface area contributed by atoms with Gasteiger partial charge >= 0.3 is 0 Å². The lowest BCUT2D eigenvalue weighted by Gasteiger charge is -2.22. The molecule has 0 spiro atoms. The average Bonchev–Trinajstić information content (AvgIpc) is 3.46. The second kappa shape index (κ2) is 8.59. The molecule has 14 heteroatoms. The van der Waals surface area contributed by atoms with E-state index >= 15 is 0 Å². The Morgan fingerprint density at radius 1 is 1.18 bits per heavy atom. The van der Waals surface area contributed by atoms with Crippen LogP contribution in [0.4, 0.5) is 17.6 Å². The Bertz CT molecular complexity index is 1280. The molecule has 1 N–H and O–H groups in total. The van der Waals surface area contributed by atoms with Crippen molar-refractivity contribution in [3.8, 4) is 0 Å². The van der Waals surface area contributed by atoms with Crippen molar-refractivity contribution in [1.82, 2.24) is 23.9 Å². The number of alkyl halides is 2. The van der Waals surface area contributed by atoms with Gasteiger partial charge in [-0.1, -0.05) is 12.1 Å². The highest BCUT2D eigenvalue weighted by Gasteiger charge is 2.34. The van der Waals surface area contributed by atoms with E-state index in [4.69, 9.17) is 0 Å². The molecule has 0 aliphatic carbocycles. The Kier molecular flexibility index (Phi) is 5.97. The number of nitrogens with zero attached hydrogens (tertiary/aromatic N) is 5. The van der Waals surface area contributed by atoms with Crippen LogP contribution in [0, 0.1) is 11.6 Å². The number of benzene rings is 1. The zero-order valence-electron chi connectivity index (χ0n) is 16.8. The van der Waals surface area contributed by atoms with Crippen LogP contribution in [0.25, 0.3) is 0 Å². The molecular weight excluding hydrogens is 470 g/mol. The number of fused-ring (bicyclic) bond motifs is 1. The SMILES string of the molecule is O=C([C@@H](CO)c1cccc(F)c1F)N1Cc2cn(S(=O)(=O)c3cnn(CC(F)F)c3)nc2C1. The lowest BCUT2D eigenvalue weighted by molar-refractivity contribution is -0.134. The Labute approximate surface area is 184 Å². The summed E-state index contributed by atoms with van der Waals surface area (Å²) < 4.78 is 79.6. The molecule has 1 aromatic carbocycles. The summed E-state index contributed by atoms with van der Waals surface area (Å²) in [6.07, 6.45) is 0.364. The monoisotopic (exact) mass is 487 g/mol. The first-order valence-electron chi connectivity index (χ1n) is 9.59. The Morgan fingerprint density at radius 3 is 2.61 bits per heavy atom. The fraction of sp³-hybridized carbons (Fsp3) is 0.316. The van der Waals surface area contributed by atoms with Gasteiger partial charge in [0.15, 0.2) is 11.6 Å². The number of hydrogen-bond acceptors (Lipinski definition) is 6. The molecule has 1 aliphatic rings. The van der Waals surface area contributed by atoms with Gasteiger partial charge in [0.05, 0.1) is 31.0 Å². The van der Waals surface area contributed by atoms with Crippen molar-refractivity contribution in [2.75, 3.05) is 6.61 Å². The van der Waals surface area contributed by atoms with Crippen LogP contribution in [0.5, 0.6) is 0 Å². The molecule has 0 saturated carbocycles. The molecule has 0 fully saturated rings. The summed E-state index contributed by atoms with van der Waals surface area (Å²) in [4.78, 5) is 13.8. The summed E-state index contributed by atoms with van der Waals surface area (Å²) in [5.74, 6) is -4.41. The van der Waals surface area contributed by atoms with E-state index in [9.17, 15) is 35.9 Å². The van der Waals surface area contributed by atoms with Gasteiger partial charge in [-0.2, -0.15) is 22.7 Å². The van der Waals surface area contributed by atoms with Gasteiger partial charge in [-0.15, -0.1) is 0 Å². The van der Waals surface area contributed by atoms with Gasteiger partial charge in [-0.3, -0.25) is 9.48 Å². The normalized spacial score (nSPS) is 14.7. The molecule has 3 aromatic rings. The van der Waals surface area contributed by atoms with E-state index in [0.717, 1.165) is 23.1 Å². The van der Waals surface area contributed by atoms with Gasteiger partial charge in [0.1, 0.15) is 11.4 Å². The zero-order valence-corrected chi connectivity index (χ0v) is 17.6. The maximum absolute atomic E-state index is 14.1. The summed E-state index contributed by atoms with van der Waals surface area (Å²) in [5.41, 5.74) is 0.354.